The van der Waals surface area contributed by atoms with E-state index in [9.17, 15) is 19.5 Å². The van der Waals surface area contributed by atoms with E-state index >= 15 is 0 Å². The molecule has 0 saturated carbocycles. The molecule has 0 aliphatic carbocycles. The van der Waals surface area contributed by atoms with Gasteiger partial charge in [0, 0.05) is 13.1 Å². The van der Waals surface area contributed by atoms with Gasteiger partial charge in [-0.1, -0.05) is 39.3 Å². The Morgan fingerprint density at radius 3 is 2.58 bits per heavy atom. The fraction of sp³-hybridized carbons (Fsp3) is 0.750. The number of nitrogens with zero attached hydrogens (tertiary/aromatic N) is 2. The Morgan fingerprint density at radius 1 is 1.25 bits per heavy atom. The molecule has 0 aromatic carbocycles. The molecule has 8 heteroatoms. The molecule has 2 unspecified atom stereocenters. The van der Waals surface area contributed by atoms with Gasteiger partial charge in [0.25, 0.3) is 0 Å². The van der Waals surface area contributed by atoms with E-state index in [2.05, 4.69) is 20.1 Å². The van der Waals surface area contributed by atoms with Gasteiger partial charge in [0.2, 0.25) is 11.8 Å². The van der Waals surface area contributed by atoms with Crippen LogP contribution in [0.15, 0.2) is 25.3 Å². The zero-order chi connectivity index (χ0) is 26.5. The molecule has 1 spiro atoms. The van der Waals surface area contributed by atoms with Gasteiger partial charge in [-0.25, -0.2) is 0 Å². The number of unbranched alkanes of at least 4 members (excludes halogenated alkanes) is 2. The Labute approximate surface area is 215 Å². The average molecular weight is 505 g/mol. The summed E-state index contributed by atoms with van der Waals surface area (Å²) in [6.07, 6.45) is 8.75. The molecule has 2 bridgehead atoms. The predicted octanol–water partition coefficient (Wildman–Crippen LogP) is 3.24. The minimum absolute atomic E-state index is 0.196. The molecule has 3 aliphatic rings. The number of rotatable bonds is 15. The van der Waals surface area contributed by atoms with Crippen LogP contribution in [0.1, 0.15) is 72.1 Å². The lowest BCUT2D eigenvalue weighted by molar-refractivity contribution is -0.163. The molecule has 3 rings (SSSR count). The number of fused-ring (bicyclic) bond motifs is 1. The standard InChI is InChI=1S/C28H44N2O6/c1-6-11-13-18-35-26(34)22-21-24(32)30(20(9-4)19-31)23(25(33)29(16-8-3)17-12-7-2)28(21)15-14-27(22,10-5)36-28/h6,8,20-23,31H,1,3,7,9-19H2,2,4-5H3/t20-,21-,22-,23?,27+,28?/m0/s1. The maximum absolute atomic E-state index is 14.2. The fourth-order valence-electron chi connectivity index (χ4n) is 6.56. The first-order valence-corrected chi connectivity index (χ1v) is 13.6. The normalized spacial score (nSPS) is 31.3. The molecule has 3 fully saturated rings. The van der Waals surface area contributed by atoms with Crippen LogP contribution in [-0.2, 0) is 23.9 Å². The summed E-state index contributed by atoms with van der Waals surface area (Å²) in [5.41, 5.74) is -1.93. The monoisotopic (exact) mass is 504 g/mol. The van der Waals surface area contributed by atoms with Gasteiger partial charge >= 0.3 is 5.97 Å². The third kappa shape index (κ3) is 4.62. The second kappa shape index (κ2) is 11.9. The maximum Gasteiger partial charge on any atom is 0.312 e. The van der Waals surface area contributed by atoms with Gasteiger partial charge < -0.3 is 24.4 Å². The number of carbonyl (C=O) groups excluding carboxylic acids is 3. The van der Waals surface area contributed by atoms with E-state index in [1.54, 1.807) is 17.1 Å². The lowest BCUT2D eigenvalue weighted by atomic mass is 9.65. The molecular formula is C28H44N2O6. The van der Waals surface area contributed by atoms with Crippen molar-refractivity contribution in [2.45, 2.75) is 95.4 Å². The Balaban J connectivity index is 2.05. The molecular weight excluding hydrogens is 460 g/mol. The highest BCUT2D eigenvalue weighted by Gasteiger charge is 2.79. The van der Waals surface area contributed by atoms with Crippen LogP contribution in [0, 0.1) is 11.8 Å². The second-order valence-electron chi connectivity index (χ2n) is 10.3. The highest BCUT2D eigenvalue weighted by atomic mass is 16.6. The third-order valence-corrected chi connectivity index (χ3v) is 8.42. The molecule has 0 radical (unpaired) electrons. The number of ether oxygens (including phenoxy) is 2. The van der Waals surface area contributed by atoms with Crippen molar-refractivity contribution in [2.24, 2.45) is 11.8 Å². The molecule has 6 atom stereocenters. The molecule has 3 aliphatic heterocycles. The molecule has 0 aromatic heterocycles. The molecule has 36 heavy (non-hydrogen) atoms. The van der Waals surface area contributed by atoms with Crippen molar-refractivity contribution in [3.05, 3.63) is 25.3 Å². The number of amides is 2. The minimum atomic E-state index is -1.11. The molecule has 1 N–H and O–H groups in total. The Bertz CT molecular complexity index is 842. The average Bonchev–Trinajstić information content (AvgIpc) is 3.49. The largest absolute Gasteiger partial charge is 0.465 e. The zero-order valence-corrected chi connectivity index (χ0v) is 22.2. The third-order valence-electron chi connectivity index (χ3n) is 8.42. The van der Waals surface area contributed by atoms with E-state index in [0.29, 0.717) is 45.2 Å². The van der Waals surface area contributed by atoms with Crippen LogP contribution in [-0.4, -0.2) is 82.3 Å². The van der Waals surface area contributed by atoms with Crippen LogP contribution in [0.3, 0.4) is 0 Å². The van der Waals surface area contributed by atoms with Crippen LogP contribution >= 0.6 is 0 Å². The second-order valence-corrected chi connectivity index (χ2v) is 10.3. The lowest BCUT2D eigenvalue weighted by Crippen LogP contribution is -2.59. The minimum Gasteiger partial charge on any atom is -0.465 e. The number of hydrogen-bond acceptors (Lipinski definition) is 6. The first-order chi connectivity index (χ1) is 17.3. The van der Waals surface area contributed by atoms with Gasteiger partial charge in [-0.15, -0.1) is 13.2 Å². The maximum atomic E-state index is 14.2. The number of likely N-dealkylation sites (tertiary alicyclic amines) is 1. The van der Waals surface area contributed by atoms with Gasteiger partial charge in [0.05, 0.1) is 30.8 Å². The van der Waals surface area contributed by atoms with Crippen molar-refractivity contribution < 1.29 is 29.0 Å². The van der Waals surface area contributed by atoms with Gasteiger partial charge in [-0.05, 0) is 44.9 Å². The van der Waals surface area contributed by atoms with Crippen LogP contribution in [0.4, 0.5) is 0 Å². The topological polar surface area (TPSA) is 96.4 Å². The number of carbonyl (C=O) groups is 3. The van der Waals surface area contributed by atoms with Gasteiger partial charge in [-0.2, -0.15) is 0 Å². The Kier molecular flexibility index (Phi) is 9.39. The molecule has 3 saturated heterocycles. The molecule has 8 nitrogen and oxygen atoms in total. The molecule has 0 aromatic rings. The van der Waals surface area contributed by atoms with Crippen LogP contribution in [0.25, 0.3) is 0 Å². The van der Waals surface area contributed by atoms with Crippen molar-refractivity contribution in [3.8, 4) is 0 Å². The first-order valence-electron chi connectivity index (χ1n) is 13.6. The van der Waals surface area contributed by atoms with Crippen molar-refractivity contribution in [1.82, 2.24) is 9.80 Å². The molecule has 202 valence electrons. The first kappa shape index (κ1) is 28.4. The van der Waals surface area contributed by atoms with E-state index in [1.807, 2.05) is 13.8 Å². The summed E-state index contributed by atoms with van der Waals surface area (Å²) in [4.78, 5) is 45.0. The van der Waals surface area contributed by atoms with Crippen LogP contribution in [0.5, 0.6) is 0 Å². The molecule has 2 amide bonds. The van der Waals surface area contributed by atoms with E-state index < -0.39 is 41.1 Å². The number of aliphatic hydroxyl groups is 1. The quantitative estimate of drug-likeness (QED) is 0.209. The summed E-state index contributed by atoms with van der Waals surface area (Å²) in [6.45, 7) is 14.3. The number of esters is 1. The predicted molar refractivity (Wildman–Crippen MR) is 137 cm³/mol. The van der Waals surface area contributed by atoms with E-state index in [4.69, 9.17) is 9.47 Å². The summed E-state index contributed by atoms with van der Waals surface area (Å²) >= 11 is 0. The van der Waals surface area contributed by atoms with Crippen molar-refractivity contribution in [1.29, 1.82) is 0 Å². The summed E-state index contributed by atoms with van der Waals surface area (Å²) < 4.78 is 12.4. The summed E-state index contributed by atoms with van der Waals surface area (Å²) in [5.74, 6) is -2.49. The Hall–Kier alpha value is -2.19. The number of allylic oxidation sites excluding steroid dienone is 1. The van der Waals surface area contributed by atoms with E-state index in [-0.39, 0.29) is 25.0 Å². The van der Waals surface area contributed by atoms with Crippen LogP contribution < -0.4 is 0 Å². The van der Waals surface area contributed by atoms with Gasteiger partial charge in [-0.3, -0.25) is 14.4 Å². The smallest absolute Gasteiger partial charge is 0.312 e. The van der Waals surface area contributed by atoms with Gasteiger partial charge in [0.1, 0.15) is 17.6 Å². The number of aliphatic hydroxyl groups excluding tert-OH is 1. The highest BCUT2D eigenvalue weighted by Crippen LogP contribution is 2.64. The fourth-order valence-corrected chi connectivity index (χ4v) is 6.56. The van der Waals surface area contributed by atoms with Crippen molar-refractivity contribution >= 4 is 17.8 Å². The van der Waals surface area contributed by atoms with E-state index in [1.165, 1.54) is 4.90 Å². The summed E-state index contributed by atoms with van der Waals surface area (Å²) in [6, 6.07) is -1.43. The molecule has 3 heterocycles. The van der Waals surface area contributed by atoms with Crippen molar-refractivity contribution in [3.63, 3.8) is 0 Å². The highest BCUT2D eigenvalue weighted by molar-refractivity contribution is 5.98. The van der Waals surface area contributed by atoms with E-state index in [0.717, 1.165) is 19.3 Å². The summed E-state index contributed by atoms with van der Waals surface area (Å²) in [7, 11) is 0. The zero-order valence-electron chi connectivity index (χ0n) is 22.2. The lowest BCUT2D eigenvalue weighted by Gasteiger charge is -2.39. The van der Waals surface area contributed by atoms with Gasteiger partial charge in [0.15, 0.2) is 0 Å². The number of hydrogen-bond donors (Lipinski definition) is 1. The van der Waals surface area contributed by atoms with Crippen molar-refractivity contribution in [2.75, 3.05) is 26.3 Å². The van der Waals surface area contributed by atoms with Crippen LogP contribution in [0.2, 0.25) is 0 Å². The Morgan fingerprint density at radius 2 is 2.00 bits per heavy atom. The SMILES string of the molecule is C=CCCCOC(=O)[C@@H]1[C@H]2C(=O)N([C@@H](CC)CO)C(C(=O)N(CC=C)CCCC)C23CC[C@@]1(CC)O3. The summed E-state index contributed by atoms with van der Waals surface area (Å²) in [5, 5.41) is 10.2.